The zero-order chi connectivity index (χ0) is 20.6. The summed E-state index contributed by atoms with van der Waals surface area (Å²) >= 11 is 0. The van der Waals surface area contributed by atoms with E-state index in [0.717, 1.165) is 67.3 Å². The number of aromatic amines is 1. The molecule has 5 rings (SSSR count). The van der Waals surface area contributed by atoms with Crippen molar-refractivity contribution >= 4 is 5.91 Å². The summed E-state index contributed by atoms with van der Waals surface area (Å²) in [7, 11) is 1.66. The molecule has 1 saturated heterocycles. The molecule has 0 bridgehead atoms. The third-order valence-corrected chi connectivity index (χ3v) is 6.42. The van der Waals surface area contributed by atoms with Crippen LogP contribution in [0.1, 0.15) is 30.7 Å². The van der Waals surface area contributed by atoms with E-state index in [1.165, 1.54) is 0 Å². The number of nitrogens with zero attached hydrogens (tertiary/aromatic N) is 3. The Morgan fingerprint density at radius 1 is 1.17 bits per heavy atom. The number of carbonyl (C=O) groups excluding carboxylic acids is 1. The number of nitrogens with one attached hydrogen (secondary N) is 1. The molecule has 2 aromatic carbocycles. The van der Waals surface area contributed by atoms with Crippen LogP contribution < -0.4 is 4.74 Å². The molecule has 1 N–H and O–H groups in total. The lowest BCUT2D eigenvalue weighted by Gasteiger charge is -2.24. The van der Waals surface area contributed by atoms with Gasteiger partial charge in [0.25, 0.3) is 0 Å². The third kappa shape index (κ3) is 3.47. The maximum Gasteiger partial charge on any atom is 0.233 e. The number of benzene rings is 2. The summed E-state index contributed by atoms with van der Waals surface area (Å²) in [6.07, 6.45) is 3.69. The number of methoxy groups -OCH3 is 1. The summed E-state index contributed by atoms with van der Waals surface area (Å²) in [6, 6.07) is 18.0. The third-order valence-electron chi connectivity index (χ3n) is 6.42. The molecule has 0 spiro atoms. The van der Waals surface area contributed by atoms with E-state index in [1.54, 1.807) is 7.11 Å². The monoisotopic (exact) mass is 402 g/mol. The lowest BCUT2D eigenvalue weighted by molar-refractivity contribution is -0.133. The van der Waals surface area contributed by atoms with Gasteiger partial charge in [-0.15, -0.1) is 0 Å². The first kappa shape index (κ1) is 18.9. The van der Waals surface area contributed by atoms with Gasteiger partial charge in [-0.2, -0.15) is 5.10 Å². The minimum Gasteiger partial charge on any atom is -0.497 e. The Morgan fingerprint density at radius 3 is 2.63 bits per heavy atom. The molecule has 1 aliphatic heterocycles. The Morgan fingerprint density at radius 2 is 1.93 bits per heavy atom. The average molecular weight is 402 g/mol. The predicted octanol–water partition coefficient (Wildman–Crippen LogP) is 3.60. The normalized spacial score (nSPS) is 19.6. The van der Waals surface area contributed by atoms with Gasteiger partial charge in [-0.1, -0.05) is 42.5 Å². The van der Waals surface area contributed by atoms with Crippen molar-refractivity contribution in [2.45, 2.75) is 31.1 Å². The fourth-order valence-electron chi connectivity index (χ4n) is 4.52. The summed E-state index contributed by atoms with van der Waals surface area (Å²) in [5.74, 6) is 3.14. The lowest BCUT2D eigenvalue weighted by atomic mass is 9.94. The molecule has 154 valence electrons. The van der Waals surface area contributed by atoms with Crippen molar-refractivity contribution in [3.63, 3.8) is 0 Å². The summed E-state index contributed by atoms with van der Waals surface area (Å²) < 4.78 is 5.25. The first-order valence-electron chi connectivity index (χ1n) is 10.6. The Labute approximate surface area is 176 Å². The summed E-state index contributed by atoms with van der Waals surface area (Å²) in [5, 5.41) is 7.44. The van der Waals surface area contributed by atoms with Crippen LogP contribution in [-0.4, -0.2) is 46.2 Å². The predicted molar refractivity (Wildman–Crippen MR) is 114 cm³/mol. The van der Waals surface area contributed by atoms with Crippen LogP contribution in [0.25, 0.3) is 11.4 Å². The van der Waals surface area contributed by atoms with Gasteiger partial charge >= 0.3 is 0 Å². The van der Waals surface area contributed by atoms with E-state index in [0.29, 0.717) is 5.92 Å². The molecule has 6 nitrogen and oxygen atoms in total. The molecule has 2 fully saturated rings. The highest BCUT2D eigenvalue weighted by atomic mass is 16.5. The van der Waals surface area contributed by atoms with Crippen molar-refractivity contribution in [1.82, 2.24) is 20.1 Å². The molecule has 1 atom stereocenters. The number of hydrogen-bond donors (Lipinski definition) is 1. The first-order valence-corrected chi connectivity index (χ1v) is 10.6. The van der Waals surface area contributed by atoms with Gasteiger partial charge in [-0.25, -0.2) is 4.98 Å². The van der Waals surface area contributed by atoms with Crippen molar-refractivity contribution in [1.29, 1.82) is 0 Å². The molecule has 3 aromatic rings. The van der Waals surface area contributed by atoms with E-state index in [4.69, 9.17) is 4.74 Å². The molecule has 1 amide bonds. The van der Waals surface area contributed by atoms with E-state index >= 15 is 0 Å². The second-order valence-electron chi connectivity index (χ2n) is 8.39. The van der Waals surface area contributed by atoms with Crippen LogP contribution in [0.3, 0.4) is 0 Å². The van der Waals surface area contributed by atoms with Gasteiger partial charge in [0.15, 0.2) is 5.82 Å². The highest BCUT2D eigenvalue weighted by Gasteiger charge is 2.53. The van der Waals surface area contributed by atoms with Gasteiger partial charge in [0.2, 0.25) is 5.91 Å². The topological polar surface area (TPSA) is 71.1 Å². The van der Waals surface area contributed by atoms with Gasteiger partial charge in [-0.05, 0) is 42.9 Å². The smallest absolute Gasteiger partial charge is 0.233 e. The highest BCUT2D eigenvalue weighted by molar-refractivity contribution is 5.91. The summed E-state index contributed by atoms with van der Waals surface area (Å²) in [5.41, 5.74) is 1.80. The molecule has 6 heteroatoms. The maximum atomic E-state index is 13.3. The van der Waals surface area contributed by atoms with Crippen molar-refractivity contribution in [2.24, 2.45) is 5.92 Å². The van der Waals surface area contributed by atoms with E-state index < -0.39 is 0 Å². The molecule has 1 aliphatic carbocycles. The van der Waals surface area contributed by atoms with Crippen LogP contribution in [0.4, 0.5) is 0 Å². The Hall–Kier alpha value is -3.15. The Bertz CT molecular complexity index is 1020. The zero-order valence-electron chi connectivity index (χ0n) is 17.2. The summed E-state index contributed by atoms with van der Waals surface area (Å²) in [6.45, 7) is 1.61. The minimum atomic E-state index is -0.326. The van der Waals surface area contributed by atoms with E-state index in [-0.39, 0.29) is 11.3 Å². The SMILES string of the molecule is COc1ccc(C2(C(=O)N3CCC(Cc4nc(-c5ccccc5)n[nH]4)C3)CC2)cc1. The Kier molecular flexibility index (Phi) is 4.77. The number of hydrogen-bond acceptors (Lipinski definition) is 4. The van der Waals surface area contributed by atoms with Crippen LogP contribution in [0.15, 0.2) is 54.6 Å². The standard InChI is InChI=1S/C24H26N4O2/c1-30-20-9-7-19(8-10-20)24(12-13-24)23(29)28-14-11-17(16-28)15-21-25-22(27-26-21)18-5-3-2-4-6-18/h2-10,17H,11-16H2,1H3,(H,25,26,27). The molecule has 2 aliphatic rings. The molecule has 1 unspecified atom stereocenters. The zero-order valence-corrected chi connectivity index (χ0v) is 17.2. The molecule has 0 radical (unpaired) electrons. The number of ether oxygens (including phenoxy) is 1. The maximum absolute atomic E-state index is 13.3. The van der Waals surface area contributed by atoms with Crippen LogP contribution in [0.2, 0.25) is 0 Å². The number of aromatic nitrogens is 3. The molecule has 30 heavy (non-hydrogen) atoms. The second kappa shape index (κ2) is 7.59. The van der Waals surface area contributed by atoms with Crippen molar-refractivity contribution in [3.05, 3.63) is 66.0 Å². The van der Waals surface area contributed by atoms with Gasteiger partial charge in [0.1, 0.15) is 11.6 Å². The first-order chi connectivity index (χ1) is 14.7. The average Bonchev–Trinajstić information content (AvgIpc) is 3.25. The Balaban J connectivity index is 1.23. The fourth-order valence-corrected chi connectivity index (χ4v) is 4.52. The number of rotatable bonds is 6. The molecule has 1 saturated carbocycles. The quantitative estimate of drug-likeness (QED) is 0.684. The van der Waals surface area contributed by atoms with Crippen LogP contribution in [0.5, 0.6) is 5.75 Å². The van der Waals surface area contributed by atoms with Gasteiger partial charge < -0.3 is 9.64 Å². The number of amides is 1. The molecule has 1 aromatic heterocycles. The molecule has 2 heterocycles. The van der Waals surface area contributed by atoms with Crippen LogP contribution in [-0.2, 0) is 16.6 Å². The highest BCUT2D eigenvalue weighted by Crippen LogP contribution is 2.50. The lowest BCUT2D eigenvalue weighted by Crippen LogP contribution is -2.38. The van der Waals surface area contributed by atoms with Crippen LogP contribution in [0, 0.1) is 5.92 Å². The van der Waals surface area contributed by atoms with E-state index in [1.807, 2.05) is 54.6 Å². The second-order valence-corrected chi connectivity index (χ2v) is 8.39. The van der Waals surface area contributed by atoms with Gasteiger partial charge in [-0.3, -0.25) is 9.89 Å². The van der Waals surface area contributed by atoms with Crippen molar-refractivity contribution in [3.8, 4) is 17.1 Å². The fraction of sp³-hybridized carbons (Fsp3) is 0.375. The summed E-state index contributed by atoms with van der Waals surface area (Å²) in [4.78, 5) is 20.0. The van der Waals surface area contributed by atoms with Crippen LogP contribution >= 0.6 is 0 Å². The minimum absolute atomic E-state index is 0.276. The van der Waals surface area contributed by atoms with Crippen molar-refractivity contribution < 1.29 is 9.53 Å². The largest absolute Gasteiger partial charge is 0.497 e. The molecular weight excluding hydrogens is 376 g/mol. The van der Waals surface area contributed by atoms with Gasteiger partial charge in [0, 0.05) is 25.1 Å². The number of carbonyl (C=O) groups is 1. The number of H-pyrrole nitrogens is 1. The van der Waals surface area contributed by atoms with Crippen molar-refractivity contribution in [2.75, 3.05) is 20.2 Å². The van der Waals surface area contributed by atoms with E-state index in [9.17, 15) is 4.79 Å². The van der Waals surface area contributed by atoms with Gasteiger partial charge in [0.05, 0.1) is 12.5 Å². The molecular formula is C24H26N4O2. The van der Waals surface area contributed by atoms with E-state index in [2.05, 4.69) is 20.1 Å². The number of likely N-dealkylation sites (tertiary alicyclic amines) is 1.